The van der Waals surface area contributed by atoms with E-state index in [1.54, 1.807) is 13.0 Å². The molecule has 0 aliphatic rings. The number of anilines is 1. The number of carbonyl (C=O) groups excluding carboxylic acids is 1. The summed E-state index contributed by atoms with van der Waals surface area (Å²) in [5.41, 5.74) is 1.10. The number of urea groups is 1. The second-order valence-corrected chi connectivity index (χ2v) is 4.64. The lowest BCUT2D eigenvalue weighted by atomic mass is 10.1. The van der Waals surface area contributed by atoms with E-state index in [-0.39, 0.29) is 6.42 Å². The second kappa shape index (κ2) is 7.47. The third-order valence-corrected chi connectivity index (χ3v) is 2.84. The van der Waals surface area contributed by atoms with Crippen LogP contribution in [0.5, 0.6) is 0 Å². The standard InChI is InChI=1S/C14H19FN2O3/c1-3-4-11(8-13(18)19)16-14(20)17-12-7-10(15)6-5-9(12)2/h5-7,11H,3-4,8H2,1-2H3,(H,18,19)(H2,16,17,20). The molecule has 1 aromatic rings. The van der Waals surface area contributed by atoms with E-state index in [4.69, 9.17) is 5.11 Å². The number of aryl methyl sites for hydroxylation is 1. The van der Waals surface area contributed by atoms with Crippen LogP contribution in [0.3, 0.4) is 0 Å². The molecular formula is C14H19FN2O3. The summed E-state index contributed by atoms with van der Waals surface area (Å²) in [7, 11) is 0. The van der Waals surface area contributed by atoms with Crippen molar-refractivity contribution in [2.45, 2.75) is 39.2 Å². The average molecular weight is 282 g/mol. The first-order valence-electron chi connectivity index (χ1n) is 6.47. The highest BCUT2D eigenvalue weighted by atomic mass is 19.1. The van der Waals surface area contributed by atoms with E-state index in [0.717, 1.165) is 12.0 Å². The number of hydrogen-bond acceptors (Lipinski definition) is 2. The molecule has 1 unspecified atom stereocenters. The number of benzene rings is 1. The lowest BCUT2D eigenvalue weighted by Gasteiger charge is -2.17. The van der Waals surface area contributed by atoms with E-state index in [1.807, 2.05) is 6.92 Å². The quantitative estimate of drug-likeness (QED) is 0.750. The molecule has 0 aromatic heterocycles. The van der Waals surface area contributed by atoms with Crippen LogP contribution in [0.2, 0.25) is 0 Å². The maximum atomic E-state index is 13.1. The summed E-state index contributed by atoms with van der Waals surface area (Å²) in [6.07, 6.45) is 1.20. The second-order valence-electron chi connectivity index (χ2n) is 4.64. The monoisotopic (exact) mass is 282 g/mol. The van der Waals surface area contributed by atoms with Crippen molar-refractivity contribution >= 4 is 17.7 Å². The fourth-order valence-electron chi connectivity index (χ4n) is 1.86. The van der Waals surface area contributed by atoms with Gasteiger partial charge in [-0.2, -0.15) is 0 Å². The summed E-state index contributed by atoms with van der Waals surface area (Å²) in [5, 5.41) is 13.9. The lowest BCUT2D eigenvalue weighted by molar-refractivity contribution is -0.137. The Bertz CT molecular complexity index is 491. The largest absolute Gasteiger partial charge is 0.481 e. The number of carboxylic acids is 1. The molecule has 3 N–H and O–H groups in total. The molecule has 0 aliphatic heterocycles. The van der Waals surface area contributed by atoms with Gasteiger partial charge in [0.25, 0.3) is 0 Å². The number of aliphatic carboxylic acids is 1. The molecule has 5 nitrogen and oxygen atoms in total. The summed E-state index contributed by atoms with van der Waals surface area (Å²) in [6.45, 7) is 3.65. The molecule has 1 atom stereocenters. The third-order valence-electron chi connectivity index (χ3n) is 2.84. The van der Waals surface area contributed by atoms with Crippen LogP contribution in [0.4, 0.5) is 14.9 Å². The predicted octanol–water partition coefficient (Wildman–Crippen LogP) is 2.90. The van der Waals surface area contributed by atoms with E-state index in [0.29, 0.717) is 12.1 Å². The van der Waals surface area contributed by atoms with Gasteiger partial charge in [0.1, 0.15) is 5.82 Å². The number of hydrogen-bond donors (Lipinski definition) is 3. The normalized spacial score (nSPS) is 11.8. The van der Waals surface area contributed by atoms with Crippen LogP contribution < -0.4 is 10.6 Å². The Morgan fingerprint density at radius 3 is 2.70 bits per heavy atom. The Morgan fingerprint density at radius 2 is 2.10 bits per heavy atom. The molecule has 0 heterocycles. The average Bonchev–Trinajstić information content (AvgIpc) is 2.33. The molecule has 0 bridgehead atoms. The first-order valence-corrected chi connectivity index (χ1v) is 6.47. The topological polar surface area (TPSA) is 78.4 Å². The number of carbonyl (C=O) groups is 2. The highest BCUT2D eigenvalue weighted by Gasteiger charge is 2.15. The van der Waals surface area contributed by atoms with Crippen molar-refractivity contribution in [1.29, 1.82) is 0 Å². The van der Waals surface area contributed by atoms with E-state index in [1.165, 1.54) is 12.1 Å². The first-order chi connectivity index (χ1) is 9.42. The Kier molecular flexibility index (Phi) is 5.96. The van der Waals surface area contributed by atoms with Gasteiger partial charge < -0.3 is 15.7 Å². The van der Waals surface area contributed by atoms with Gasteiger partial charge in [0.15, 0.2) is 0 Å². The minimum atomic E-state index is -0.967. The molecule has 6 heteroatoms. The van der Waals surface area contributed by atoms with Gasteiger partial charge in [-0.25, -0.2) is 9.18 Å². The van der Waals surface area contributed by atoms with Gasteiger partial charge in [0.05, 0.1) is 6.42 Å². The van der Waals surface area contributed by atoms with Crippen molar-refractivity contribution in [1.82, 2.24) is 5.32 Å². The Balaban J connectivity index is 2.65. The van der Waals surface area contributed by atoms with Crippen molar-refractivity contribution in [3.63, 3.8) is 0 Å². The van der Waals surface area contributed by atoms with Crippen LogP contribution in [-0.4, -0.2) is 23.1 Å². The van der Waals surface area contributed by atoms with Crippen LogP contribution in [0.15, 0.2) is 18.2 Å². The minimum Gasteiger partial charge on any atom is -0.481 e. The summed E-state index contributed by atoms with van der Waals surface area (Å²) in [4.78, 5) is 22.5. The Labute approximate surface area is 117 Å². The number of nitrogens with one attached hydrogen (secondary N) is 2. The molecule has 0 radical (unpaired) electrons. The Hall–Kier alpha value is -2.11. The predicted molar refractivity (Wildman–Crippen MR) is 74.2 cm³/mol. The maximum Gasteiger partial charge on any atom is 0.319 e. The van der Waals surface area contributed by atoms with Crippen molar-refractivity contribution < 1.29 is 19.1 Å². The summed E-state index contributed by atoms with van der Waals surface area (Å²) < 4.78 is 13.1. The van der Waals surface area contributed by atoms with Crippen molar-refractivity contribution in [3.05, 3.63) is 29.6 Å². The number of amides is 2. The van der Waals surface area contributed by atoms with Crippen molar-refractivity contribution in [2.24, 2.45) is 0 Å². The molecule has 20 heavy (non-hydrogen) atoms. The molecule has 0 saturated heterocycles. The van der Waals surface area contributed by atoms with Crippen LogP contribution >= 0.6 is 0 Å². The highest BCUT2D eigenvalue weighted by Crippen LogP contribution is 2.15. The fourth-order valence-corrected chi connectivity index (χ4v) is 1.86. The maximum absolute atomic E-state index is 13.1. The van der Waals surface area contributed by atoms with Crippen LogP contribution in [0, 0.1) is 12.7 Å². The zero-order valence-electron chi connectivity index (χ0n) is 11.6. The van der Waals surface area contributed by atoms with Crippen LogP contribution in [0.1, 0.15) is 31.7 Å². The first kappa shape index (κ1) is 15.9. The van der Waals surface area contributed by atoms with Gasteiger partial charge in [-0.3, -0.25) is 4.79 Å². The number of rotatable bonds is 6. The van der Waals surface area contributed by atoms with E-state index < -0.39 is 23.9 Å². The van der Waals surface area contributed by atoms with Gasteiger partial charge in [0, 0.05) is 11.7 Å². The van der Waals surface area contributed by atoms with Crippen molar-refractivity contribution in [2.75, 3.05) is 5.32 Å². The smallest absolute Gasteiger partial charge is 0.319 e. The third kappa shape index (κ3) is 5.26. The lowest BCUT2D eigenvalue weighted by Crippen LogP contribution is -2.39. The van der Waals surface area contributed by atoms with Gasteiger partial charge in [-0.15, -0.1) is 0 Å². The number of carboxylic acid groups (broad SMARTS) is 1. The molecule has 110 valence electrons. The van der Waals surface area contributed by atoms with Gasteiger partial charge in [-0.05, 0) is 31.0 Å². The molecule has 2 amide bonds. The summed E-state index contributed by atoms with van der Waals surface area (Å²) in [6, 6.07) is 3.12. The minimum absolute atomic E-state index is 0.136. The SMILES string of the molecule is CCCC(CC(=O)O)NC(=O)Nc1cc(F)ccc1C. The number of halogens is 1. The summed E-state index contributed by atoms with van der Waals surface area (Å²) >= 11 is 0. The van der Waals surface area contributed by atoms with Gasteiger partial charge >= 0.3 is 12.0 Å². The molecule has 0 spiro atoms. The molecular weight excluding hydrogens is 263 g/mol. The van der Waals surface area contributed by atoms with Crippen LogP contribution in [-0.2, 0) is 4.79 Å². The summed E-state index contributed by atoms with van der Waals surface area (Å²) in [5.74, 6) is -1.41. The van der Waals surface area contributed by atoms with Crippen molar-refractivity contribution in [3.8, 4) is 0 Å². The zero-order chi connectivity index (χ0) is 15.1. The van der Waals surface area contributed by atoms with Crippen LogP contribution in [0.25, 0.3) is 0 Å². The van der Waals surface area contributed by atoms with Gasteiger partial charge in [0.2, 0.25) is 0 Å². The molecule has 0 saturated carbocycles. The van der Waals surface area contributed by atoms with E-state index in [2.05, 4.69) is 10.6 Å². The molecule has 0 aliphatic carbocycles. The Morgan fingerprint density at radius 1 is 1.40 bits per heavy atom. The van der Waals surface area contributed by atoms with Gasteiger partial charge in [-0.1, -0.05) is 19.4 Å². The molecule has 1 aromatic carbocycles. The molecule has 0 fully saturated rings. The van der Waals surface area contributed by atoms with E-state index in [9.17, 15) is 14.0 Å². The van der Waals surface area contributed by atoms with E-state index >= 15 is 0 Å². The molecule has 1 rings (SSSR count). The highest BCUT2D eigenvalue weighted by molar-refractivity contribution is 5.90. The zero-order valence-corrected chi connectivity index (χ0v) is 11.6. The fraction of sp³-hybridized carbons (Fsp3) is 0.429.